The highest BCUT2D eigenvalue weighted by Gasteiger charge is 2.30. The highest BCUT2D eigenvalue weighted by atomic mass is 32.2. The van der Waals surface area contributed by atoms with E-state index in [1.807, 2.05) is 0 Å². The molecule has 1 aliphatic carbocycles. The SMILES string of the molecule is Cc1c(S(=O)(=O)NCc2ccco2)c(C)n(C)c1-c1nnc(C2CCC2)o1. The van der Waals surface area contributed by atoms with Gasteiger partial charge in [-0.05, 0) is 38.8 Å². The van der Waals surface area contributed by atoms with Gasteiger partial charge in [0.2, 0.25) is 15.9 Å². The van der Waals surface area contributed by atoms with E-state index in [1.165, 1.54) is 12.7 Å². The summed E-state index contributed by atoms with van der Waals surface area (Å²) >= 11 is 0. The van der Waals surface area contributed by atoms with E-state index in [1.54, 1.807) is 37.6 Å². The standard InChI is InChI=1S/C18H22N4O4S/c1-11-15(18-21-20-17(26-18)13-6-4-7-13)22(3)12(2)16(11)27(23,24)19-10-14-8-5-9-25-14/h5,8-9,13,19H,4,6-7,10H2,1-3H3. The van der Waals surface area contributed by atoms with Gasteiger partial charge < -0.3 is 13.4 Å². The van der Waals surface area contributed by atoms with Crippen molar-refractivity contribution in [1.82, 2.24) is 19.5 Å². The summed E-state index contributed by atoms with van der Waals surface area (Å²) in [7, 11) is -1.93. The van der Waals surface area contributed by atoms with Gasteiger partial charge in [0.15, 0.2) is 0 Å². The Bertz CT molecular complexity index is 1060. The number of furan rings is 1. The van der Waals surface area contributed by atoms with Gasteiger partial charge in [0.25, 0.3) is 5.89 Å². The Morgan fingerprint density at radius 2 is 2.07 bits per heavy atom. The van der Waals surface area contributed by atoms with Crippen molar-refractivity contribution in [2.24, 2.45) is 7.05 Å². The van der Waals surface area contributed by atoms with Gasteiger partial charge in [-0.3, -0.25) is 0 Å². The molecule has 3 aromatic rings. The van der Waals surface area contributed by atoms with Crippen molar-refractivity contribution in [2.75, 3.05) is 0 Å². The second-order valence-corrected chi connectivity index (χ2v) is 8.63. The number of nitrogens with one attached hydrogen (secondary N) is 1. The van der Waals surface area contributed by atoms with Crippen molar-refractivity contribution in [3.8, 4) is 11.6 Å². The molecular weight excluding hydrogens is 368 g/mol. The van der Waals surface area contributed by atoms with E-state index < -0.39 is 10.0 Å². The van der Waals surface area contributed by atoms with Gasteiger partial charge in [0.05, 0.1) is 12.8 Å². The van der Waals surface area contributed by atoms with Crippen LogP contribution in [-0.2, 0) is 23.6 Å². The zero-order chi connectivity index (χ0) is 19.2. The van der Waals surface area contributed by atoms with Crippen LogP contribution >= 0.6 is 0 Å². The summed E-state index contributed by atoms with van der Waals surface area (Å²) in [6.07, 6.45) is 4.80. The lowest BCUT2D eigenvalue weighted by Crippen LogP contribution is -2.24. The molecule has 1 N–H and O–H groups in total. The predicted octanol–water partition coefficient (Wildman–Crippen LogP) is 3.03. The quantitative estimate of drug-likeness (QED) is 0.694. The number of nitrogens with zero attached hydrogens (tertiary/aromatic N) is 3. The van der Waals surface area contributed by atoms with Crippen molar-refractivity contribution in [3.05, 3.63) is 41.3 Å². The molecule has 0 spiro atoms. The Morgan fingerprint density at radius 1 is 1.30 bits per heavy atom. The van der Waals surface area contributed by atoms with E-state index in [2.05, 4.69) is 14.9 Å². The van der Waals surface area contributed by atoms with Crippen molar-refractivity contribution >= 4 is 10.0 Å². The lowest BCUT2D eigenvalue weighted by atomic mass is 9.85. The van der Waals surface area contributed by atoms with Crippen molar-refractivity contribution < 1.29 is 17.3 Å². The van der Waals surface area contributed by atoms with E-state index in [4.69, 9.17) is 8.83 Å². The topological polar surface area (TPSA) is 103 Å². The first-order valence-electron chi connectivity index (χ1n) is 8.90. The van der Waals surface area contributed by atoms with Gasteiger partial charge >= 0.3 is 0 Å². The number of aromatic nitrogens is 3. The van der Waals surface area contributed by atoms with Crippen LogP contribution in [0, 0.1) is 13.8 Å². The predicted molar refractivity (Wildman–Crippen MR) is 97.5 cm³/mol. The van der Waals surface area contributed by atoms with Crippen molar-refractivity contribution in [1.29, 1.82) is 0 Å². The number of hydrogen-bond donors (Lipinski definition) is 1. The zero-order valence-electron chi connectivity index (χ0n) is 15.5. The fraction of sp³-hybridized carbons (Fsp3) is 0.444. The molecule has 0 aromatic carbocycles. The molecule has 3 heterocycles. The van der Waals surface area contributed by atoms with E-state index in [0.717, 1.165) is 12.8 Å². The van der Waals surface area contributed by atoms with Crippen LogP contribution in [0.15, 0.2) is 32.1 Å². The Morgan fingerprint density at radius 3 is 2.70 bits per heavy atom. The highest BCUT2D eigenvalue weighted by Crippen LogP contribution is 2.38. The molecule has 0 unspecified atom stereocenters. The fourth-order valence-corrected chi connectivity index (χ4v) is 4.95. The molecule has 144 valence electrons. The van der Waals surface area contributed by atoms with Gasteiger partial charge in [-0.25, -0.2) is 13.1 Å². The maximum atomic E-state index is 12.9. The van der Waals surface area contributed by atoms with Gasteiger partial charge in [-0.15, -0.1) is 10.2 Å². The van der Waals surface area contributed by atoms with E-state index >= 15 is 0 Å². The van der Waals surface area contributed by atoms with Crippen LogP contribution < -0.4 is 4.72 Å². The first kappa shape index (κ1) is 18.0. The number of rotatable bonds is 6. The number of sulfonamides is 1. The van der Waals surface area contributed by atoms with Crippen LogP contribution in [-0.4, -0.2) is 23.2 Å². The Kier molecular flexibility index (Phi) is 4.43. The highest BCUT2D eigenvalue weighted by molar-refractivity contribution is 7.89. The van der Waals surface area contributed by atoms with Crippen LogP contribution in [0.4, 0.5) is 0 Å². The molecular formula is C18H22N4O4S. The maximum absolute atomic E-state index is 12.9. The first-order chi connectivity index (χ1) is 12.9. The van der Waals surface area contributed by atoms with Crippen molar-refractivity contribution in [3.63, 3.8) is 0 Å². The third-order valence-corrected chi connectivity index (χ3v) is 6.91. The minimum Gasteiger partial charge on any atom is -0.468 e. The summed E-state index contributed by atoms with van der Waals surface area (Å²) < 4.78 is 41.2. The smallest absolute Gasteiger partial charge is 0.264 e. The molecule has 0 aliphatic heterocycles. The molecule has 3 aromatic heterocycles. The molecule has 0 bridgehead atoms. The van der Waals surface area contributed by atoms with Crippen LogP contribution in [0.25, 0.3) is 11.6 Å². The molecule has 1 saturated carbocycles. The molecule has 0 radical (unpaired) electrons. The van der Waals surface area contributed by atoms with Crippen LogP contribution in [0.3, 0.4) is 0 Å². The van der Waals surface area contributed by atoms with Gasteiger partial charge in [0.1, 0.15) is 16.3 Å². The summed E-state index contributed by atoms with van der Waals surface area (Å²) in [5.41, 5.74) is 1.83. The maximum Gasteiger partial charge on any atom is 0.264 e. The van der Waals surface area contributed by atoms with Crippen LogP contribution in [0.2, 0.25) is 0 Å². The zero-order valence-corrected chi connectivity index (χ0v) is 16.3. The van der Waals surface area contributed by atoms with Crippen molar-refractivity contribution in [2.45, 2.75) is 50.5 Å². The first-order valence-corrected chi connectivity index (χ1v) is 10.4. The molecule has 8 nitrogen and oxygen atoms in total. The second kappa shape index (κ2) is 6.65. The van der Waals surface area contributed by atoms with E-state index in [9.17, 15) is 8.42 Å². The third-order valence-electron chi connectivity index (χ3n) is 5.25. The largest absolute Gasteiger partial charge is 0.468 e. The minimum absolute atomic E-state index is 0.0881. The second-order valence-electron chi connectivity index (χ2n) is 6.92. The van der Waals surface area contributed by atoms with Gasteiger partial charge in [-0.2, -0.15) is 0 Å². The summed E-state index contributed by atoms with van der Waals surface area (Å²) in [4.78, 5) is 0.231. The van der Waals surface area contributed by atoms with Gasteiger partial charge in [0, 0.05) is 24.2 Å². The summed E-state index contributed by atoms with van der Waals surface area (Å²) in [5, 5.41) is 8.33. The third kappa shape index (κ3) is 3.10. The Balaban J connectivity index is 1.68. The lowest BCUT2D eigenvalue weighted by molar-refractivity contribution is 0.337. The summed E-state index contributed by atoms with van der Waals surface area (Å²) in [6.45, 7) is 3.61. The lowest BCUT2D eigenvalue weighted by Gasteiger charge is -2.20. The molecule has 4 rings (SSSR count). The monoisotopic (exact) mass is 390 g/mol. The normalized spacial score (nSPS) is 15.2. The van der Waals surface area contributed by atoms with Crippen LogP contribution in [0.5, 0.6) is 0 Å². The van der Waals surface area contributed by atoms with Crippen LogP contribution in [0.1, 0.15) is 48.1 Å². The summed E-state index contributed by atoms with van der Waals surface area (Å²) in [6, 6.07) is 3.44. The molecule has 0 saturated heterocycles. The van der Waals surface area contributed by atoms with Gasteiger partial charge in [-0.1, -0.05) is 6.42 Å². The molecule has 9 heteroatoms. The number of hydrogen-bond acceptors (Lipinski definition) is 6. The average Bonchev–Trinajstić information content (AvgIpc) is 3.27. The molecule has 0 atom stereocenters. The minimum atomic E-state index is -3.73. The molecule has 0 amide bonds. The molecule has 1 aliphatic rings. The van der Waals surface area contributed by atoms with E-state index in [-0.39, 0.29) is 11.4 Å². The van der Waals surface area contributed by atoms with E-state index in [0.29, 0.717) is 40.4 Å². The average molecular weight is 390 g/mol. The Hall–Kier alpha value is -2.39. The fourth-order valence-electron chi connectivity index (χ4n) is 3.45. The molecule has 1 fully saturated rings. The Labute approximate surface area is 157 Å². The summed E-state index contributed by atoms with van der Waals surface area (Å²) in [5.74, 6) is 1.86. The molecule has 27 heavy (non-hydrogen) atoms.